The molecular weight excluding hydrogens is 332 g/mol. The van der Waals surface area contributed by atoms with Crippen LogP contribution in [0.15, 0.2) is 54.9 Å². The molecule has 27 heavy (non-hydrogen) atoms. The quantitative estimate of drug-likeness (QED) is 0.749. The average molecular weight is 361 g/mol. The first kappa shape index (κ1) is 17.0. The Morgan fingerprint density at radius 1 is 1.00 bits per heavy atom. The molecule has 2 aromatic rings. The molecule has 3 nitrogen and oxygen atoms in total. The Morgan fingerprint density at radius 3 is 2.26 bits per heavy atom. The molecule has 1 aromatic heterocycles. The van der Waals surface area contributed by atoms with Gasteiger partial charge in [0.1, 0.15) is 5.78 Å². The van der Waals surface area contributed by atoms with Crippen LogP contribution in [0, 0.1) is 23.2 Å². The molecule has 4 aliphatic rings. The highest BCUT2D eigenvalue weighted by atomic mass is 16.1. The number of pyridine rings is 1. The van der Waals surface area contributed by atoms with E-state index >= 15 is 0 Å². The van der Waals surface area contributed by atoms with Crippen LogP contribution in [-0.2, 0) is 4.79 Å². The van der Waals surface area contributed by atoms with Crippen molar-refractivity contribution >= 4 is 11.5 Å². The first-order valence-corrected chi connectivity index (χ1v) is 10.4. The van der Waals surface area contributed by atoms with Crippen molar-refractivity contribution in [2.75, 3.05) is 5.32 Å². The summed E-state index contributed by atoms with van der Waals surface area (Å²) in [4.78, 5) is 17.9. The number of para-hydroxylation sites is 1. The van der Waals surface area contributed by atoms with Crippen LogP contribution in [0.4, 0.5) is 5.69 Å². The van der Waals surface area contributed by atoms with E-state index in [9.17, 15) is 4.79 Å². The van der Waals surface area contributed by atoms with Gasteiger partial charge in [0.05, 0.1) is 6.04 Å². The normalized spacial score (nSPS) is 32.2. The molecule has 1 atom stereocenters. The number of hydrogen-bond donors (Lipinski definition) is 1. The van der Waals surface area contributed by atoms with E-state index in [1.807, 2.05) is 30.5 Å². The molecule has 1 aromatic carbocycles. The van der Waals surface area contributed by atoms with E-state index in [4.69, 9.17) is 0 Å². The highest BCUT2D eigenvalue weighted by Gasteiger charge is 2.54. The molecule has 6 rings (SSSR count). The van der Waals surface area contributed by atoms with Crippen LogP contribution in [0.3, 0.4) is 0 Å². The van der Waals surface area contributed by atoms with Gasteiger partial charge in [-0.3, -0.25) is 9.78 Å². The second-order valence-electron chi connectivity index (χ2n) is 9.17. The Bertz CT molecular complexity index is 766. The zero-order chi connectivity index (χ0) is 18.3. The number of ketones is 1. The van der Waals surface area contributed by atoms with E-state index in [0.29, 0.717) is 12.2 Å². The van der Waals surface area contributed by atoms with Gasteiger partial charge in [0.15, 0.2) is 0 Å². The lowest BCUT2D eigenvalue weighted by Gasteiger charge is -2.56. The summed E-state index contributed by atoms with van der Waals surface area (Å²) in [6.45, 7) is 0. The number of hydrogen-bond acceptors (Lipinski definition) is 3. The lowest BCUT2D eigenvalue weighted by Crippen LogP contribution is -2.50. The summed E-state index contributed by atoms with van der Waals surface area (Å²) in [7, 11) is 0. The van der Waals surface area contributed by atoms with Crippen molar-refractivity contribution in [1.82, 2.24) is 4.98 Å². The van der Waals surface area contributed by atoms with Crippen molar-refractivity contribution in [2.45, 2.75) is 51.0 Å². The summed E-state index contributed by atoms with van der Waals surface area (Å²) < 4.78 is 0. The number of aromatic nitrogens is 1. The van der Waals surface area contributed by atoms with Crippen LogP contribution in [0.1, 0.15) is 56.6 Å². The maximum atomic E-state index is 13.6. The zero-order valence-electron chi connectivity index (χ0n) is 15.8. The average Bonchev–Trinajstić information content (AvgIpc) is 2.68. The number of rotatable bonds is 6. The summed E-state index contributed by atoms with van der Waals surface area (Å²) in [6.07, 6.45) is 11.8. The second-order valence-corrected chi connectivity index (χ2v) is 9.17. The minimum atomic E-state index is -0.0342. The largest absolute Gasteiger partial charge is 0.378 e. The van der Waals surface area contributed by atoms with E-state index in [-0.39, 0.29) is 11.5 Å². The van der Waals surface area contributed by atoms with Gasteiger partial charge in [-0.1, -0.05) is 24.3 Å². The number of Topliss-reactive ketones (excluding diaryl/α,β-unsaturated/α-hetero) is 1. The Kier molecular flexibility index (Phi) is 4.26. The molecule has 0 spiro atoms. The fourth-order valence-corrected chi connectivity index (χ4v) is 6.42. The van der Waals surface area contributed by atoms with E-state index in [1.165, 1.54) is 19.3 Å². The topological polar surface area (TPSA) is 42.0 Å². The van der Waals surface area contributed by atoms with Crippen LogP contribution in [0.25, 0.3) is 0 Å². The number of carbonyl (C=O) groups is 1. The fraction of sp³-hybridized carbons (Fsp3) is 0.500. The number of carbonyl (C=O) groups excluding carboxylic acids is 1. The highest BCUT2D eigenvalue weighted by molar-refractivity contribution is 5.86. The van der Waals surface area contributed by atoms with Gasteiger partial charge >= 0.3 is 0 Å². The summed E-state index contributed by atoms with van der Waals surface area (Å²) in [5.74, 6) is 2.90. The van der Waals surface area contributed by atoms with E-state index in [2.05, 4.69) is 28.5 Å². The molecule has 1 N–H and O–H groups in total. The molecule has 1 unspecified atom stereocenters. The SMILES string of the molecule is O=C(CC(Nc1ccccc1)c1cccnc1)C12CC3CC(CC(C3)C1)C2. The molecule has 3 heteroatoms. The molecular formula is C24H28N2O. The molecule has 4 saturated carbocycles. The molecule has 0 aliphatic heterocycles. The lowest BCUT2D eigenvalue weighted by atomic mass is 9.48. The smallest absolute Gasteiger partial charge is 0.141 e. The van der Waals surface area contributed by atoms with Crippen LogP contribution in [0.5, 0.6) is 0 Å². The molecule has 140 valence electrons. The van der Waals surface area contributed by atoms with Crippen molar-refractivity contribution in [1.29, 1.82) is 0 Å². The first-order valence-electron chi connectivity index (χ1n) is 10.4. The minimum Gasteiger partial charge on any atom is -0.378 e. The zero-order valence-corrected chi connectivity index (χ0v) is 15.8. The second kappa shape index (κ2) is 6.78. The van der Waals surface area contributed by atoms with Gasteiger partial charge in [0, 0.05) is 29.9 Å². The third-order valence-corrected chi connectivity index (χ3v) is 7.22. The molecule has 0 radical (unpaired) electrons. The van der Waals surface area contributed by atoms with Crippen LogP contribution < -0.4 is 5.32 Å². The summed E-state index contributed by atoms with van der Waals surface area (Å²) >= 11 is 0. The van der Waals surface area contributed by atoms with Crippen molar-refractivity contribution in [3.8, 4) is 0 Å². The summed E-state index contributed by atoms with van der Waals surface area (Å²) in [5, 5.41) is 3.60. The van der Waals surface area contributed by atoms with E-state index < -0.39 is 0 Å². The molecule has 4 bridgehead atoms. The van der Waals surface area contributed by atoms with Crippen molar-refractivity contribution < 1.29 is 4.79 Å². The highest BCUT2D eigenvalue weighted by Crippen LogP contribution is 2.60. The van der Waals surface area contributed by atoms with Gasteiger partial charge in [0.25, 0.3) is 0 Å². The number of nitrogens with one attached hydrogen (secondary N) is 1. The lowest BCUT2D eigenvalue weighted by molar-refractivity contribution is -0.144. The van der Waals surface area contributed by atoms with Crippen molar-refractivity contribution in [3.05, 3.63) is 60.4 Å². The molecule has 1 heterocycles. The molecule has 4 aliphatic carbocycles. The van der Waals surface area contributed by atoms with E-state index in [0.717, 1.165) is 48.3 Å². The Labute approximate surface area is 161 Å². The molecule has 4 fully saturated rings. The third kappa shape index (κ3) is 3.28. The minimum absolute atomic E-state index is 0.0124. The van der Waals surface area contributed by atoms with Crippen molar-refractivity contribution in [2.24, 2.45) is 23.2 Å². The number of nitrogens with zero attached hydrogens (tertiary/aromatic N) is 1. The number of benzene rings is 1. The van der Waals surface area contributed by atoms with Gasteiger partial charge in [-0.25, -0.2) is 0 Å². The Hall–Kier alpha value is -2.16. The predicted molar refractivity (Wildman–Crippen MR) is 107 cm³/mol. The van der Waals surface area contributed by atoms with Gasteiger partial charge in [-0.05, 0) is 80.0 Å². The summed E-state index contributed by atoms with van der Waals surface area (Å²) in [5.41, 5.74) is 2.12. The summed E-state index contributed by atoms with van der Waals surface area (Å²) in [6, 6.07) is 14.3. The van der Waals surface area contributed by atoms with Crippen LogP contribution in [0.2, 0.25) is 0 Å². The molecule has 0 saturated heterocycles. The van der Waals surface area contributed by atoms with E-state index in [1.54, 1.807) is 6.20 Å². The van der Waals surface area contributed by atoms with Crippen molar-refractivity contribution in [3.63, 3.8) is 0 Å². The molecule has 0 amide bonds. The van der Waals surface area contributed by atoms with Gasteiger partial charge in [0.2, 0.25) is 0 Å². The number of anilines is 1. The van der Waals surface area contributed by atoms with Gasteiger partial charge < -0.3 is 5.32 Å². The maximum absolute atomic E-state index is 13.6. The third-order valence-electron chi connectivity index (χ3n) is 7.22. The van der Waals surface area contributed by atoms with Crippen LogP contribution in [-0.4, -0.2) is 10.8 Å². The van der Waals surface area contributed by atoms with Gasteiger partial charge in [-0.15, -0.1) is 0 Å². The maximum Gasteiger partial charge on any atom is 0.141 e. The standard InChI is InChI=1S/C24H28N2O/c27-23(24-13-17-9-18(14-24)11-19(10-17)15-24)12-22(20-5-4-8-25-16-20)26-21-6-2-1-3-7-21/h1-8,16-19,22,26H,9-15H2. The predicted octanol–water partition coefficient (Wildman–Crippen LogP) is 5.41. The van der Waals surface area contributed by atoms with Crippen LogP contribution >= 0.6 is 0 Å². The fourth-order valence-electron chi connectivity index (χ4n) is 6.42. The van der Waals surface area contributed by atoms with Gasteiger partial charge in [-0.2, -0.15) is 0 Å². The Balaban J connectivity index is 1.39. The first-order chi connectivity index (χ1) is 13.2. The Morgan fingerprint density at radius 2 is 1.67 bits per heavy atom. The monoisotopic (exact) mass is 360 g/mol.